The lowest BCUT2D eigenvalue weighted by Crippen LogP contribution is -2.16. The first-order valence-corrected chi connectivity index (χ1v) is 10.0. The first-order valence-electron chi connectivity index (χ1n) is 10.0. The average Bonchev–Trinajstić information content (AvgIpc) is 3.28. The molecule has 0 aliphatic heterocycles. The minimum atomic E-state index is 0.0165. The van der Waals surface area contributed by atoms with Crippen LogP contribution in [0.4, 0.5) is 0 Å². The first-order chi connectivity index (χ1) is 14.8. The van der Waals surface area contributed by atoms with Crippen molar-refractivity contribution in [2.45, 2.75) is 24.9 Å². The Morgan fingerprint density at radius 3 is 2.50 bits per heavy atom. The van der Waals surface area contributed by atoms with Gasteiger partial charge in [-0.15, -0.1) is 10.2 Å². The van der Waals surface area contributed by atoms with E-state index in [0.29, 0.717) is 11.8 Å². The van der Waals surface area contributed by atoms with E-state index in [2.05, 4.69) is 28.9 Å². The molecule has 5 nitrogen and oxygen atoms in total. The second-order valence-corrected chi connectivity index (χ2v) is 7.36. The second kappa shape index (κ2) is 7.67. The predicted octanol–water partition coefficient (Wildman–Crippen LogP) is 6.03. The summed E-state index contributed by atoms with van der Waals surface area (Å²) in [4.78, 5) is 0. The Labute approximate surface area is 175 Å². The summed E-state index contributed by atoms with van der Waals surface area (Å²) in [6.45, 7) is 3.71. The van der Waals surface area contributed by atoms with Crippen LogP contribution in [0.2, 0.25) is 0 Å². The third-order valence-electron chi connectivity index (χ3n) is 5.77. The lowest BCUT2D eigenvalue weighted by atomic mass is 9.81. The smallest absolute Gasteiger partial charge is 0.248 e. The zero-order valence-electron chi connectivity index (χ0n) is 16.7. The van der Waals surface area contributed by atoms with Gasteiger partial charge in [0.15, 0.2) is 0 Å². The van der Waals surface area contributed by atoms with E-state index in [4.69, 9.17) is 13.9 Å². The van der Waals surface area contributed by atoms with Crippen molar-refractivity contribution < 1.29 is 13.9 Å². The highest BCUT2D eigenvalue weighted by Crippen LogP contribution is 2.43. The fourth-order valence-corrected chi connectivity index (χ4v) is 4.38. The zero-order chi connectivity index (χ0) is 20.5. The van der Waals surface area contributed by atoms with Crippen molar-refractivity contribution in [3.8, 4) is 17.2 Å². The van der Waals surface area contributed by atoms with Crippen molar-refractivity contribution in [2.24, 2.45) is 0 Å². The summed E-state index contributed by atoms with van der Waals surface area (Å²) < 4.78 is 17.4. The maximum atomic E-state index is 6.22. The van der Waals surface area contributed by atoms with E-state index in [9.17, 15) is 0 Å². The quantitative estimate of drug-likeness (QED) is 0.384. The van der Waals surface area contributed by atoms with E-state index < -0.39 is 0 Å². The van der Waals surface area contributed by atoms with E-state index >= 15 is 0 Å². The van der Waals surface area contributed by atoms with Gasteiger partial charge in [-0.2, -0.15) is 0 Å². The van der Waals surface area contributed by atoms with Gasteiger partial charge in [-0.1, -0.05) is 55.1 Å². The Balaban J connectivity index is 1.55. The minimum Gasteiger partial charge on any atom is -0.496 e. The topological polar surface area (TPSA) is 57.4 Å². The Bertz CT molecular complexity index is 1210. The number of hydrogen-bond acceptors (Lipinski definition) is 5. The van der Waals surface area contributed by atoms with E-state index in [-0.39, 0.29) is 12.0 Å². The minimum absolute atomic E-state index is 0.0165. The summed E-state index contributed by atoms with van der Waals surface area (Å²) in [6.07, 6.45) is 3.28. The molecule has 0 amide bonds. The molecule has 30 heavy (non-hydrogen) atoms. The molecule has 4 aromatic rings. The van der Waals surface area contributed by atoms with Crippen molar-refractivity contribution in [1.29, 1.82) is 0 Å². The van der Waals surface area contributed by atoms with E-state index in [1.54, 1.807) is 7.11 Å². The molecule has 0 N–H and O–H groups in total. The molecular weight excluding hydrogens is 376 g/mol. The Kier molecular flexibility index (Phi) is 4.71. The average molecular weight is 398 g/mol. The number of hydrogen-bond donors (Lipinski definition) is 0. The van der Waals surface area contributed by atoms with Crippen LogP contribution in [-0.4, -0.2) is 17.3 Å². The van der Waals surface area contributed by atoms with Crippen LogP contribution < -0.4 is 4.74 Å². The van der Waals surface area contributed by atoms with E-state index in [1.165, 1.54) is 11.8 Å². The van der Waals surface area contributed by atoms with Gasteiger partial charge in [-0.3, -0.25) is 0 Å². The van der Waals surface area contributed by atoms with Gasteiger partial charge in [0.1, 0.15) is 11.9 Å². The van der Waals surface area contributed by atoms with Gasteiger partial charge >= 0.3 is 0 Å². The van der Waals surface area contributed by atoms with E-state index in [1.807, 2.05) is 48.5 Å². The first kappa shape index (κ1) is 18.4. The molecular formula is C25H22N2O3. The maximum Gasteiger partial charge on any atom is 0.248 e. The highest BCUT2D eigenvalue weighted by Gasteiger charge is 2.32. The van der Waals surface area contributed by atoms with Crippen molar-refractivity contribution in [3.05, 3.63) is 90.5 Å². The molecule has 0 radical (unpaired) electrons. The van der Waals surface area contributed by atoms with Crippen LogP contribution >= 0.6 is 0 Å². The highest BCUT2D eigenvalue weighted by molar-refractivity contribution is 5.98. The summed E-state index contributed by atoms with van der Waals surface area (Å²) in [5.41, 5.74) is 3.23. The number of rotatable bonds is 5. The van der Waals surface area contributed by atoms with Crippen LogP contribution in [0.3, 0.4) is 0 Å². The number of ether oxygens (including phenoxy) is 2. The van der Waals surface area contributed by atoms with Crippen LogP contribution in [0.25, 0.3) is 22.2 Å². The van der Waals surface area contributed by atoms with Crippen molar-refractivity contribution in [3.63, 3.8) is 0 Å². The van der Waals surface area contributed by atoms with Crippen molar-refractivity contribution in [1.82, 2.24) is 10.2 Å². The van der Waals surface area contributed by atoms with Gasteiger partial charge in [0.2, 0.25) is 11.8 Å². The summed E-state index contributed by atoms with van der Waals surface area (Å²) in [5, 5.41) is 10.9. The van der Waals surface area contributed by atoms with Gasteiger partial charge in [-0.05, 0) is 41.5 Å². The summed E-state index contributed by atoms with van der Waals surface area (Å²) in [7, 11) is 1.68. The molecule has 2 unspecified atom stereocenters. The van der Waals surface area contributed by atoms with Gasteiger partial charge in [0.05, 0.1) is 19.3 Å². The Morgan fingerprint density at radius 2 is 1.70 bits per heavy atom. The van der Waals surface area contributed by atoms with Crippen LogP contribution in [0, 0.1) is 0 Å². The molecule has 0 spiro atoms. The van der Waals surface area contributed by atoms with Gasteiger partial charge in [0, 0.05) is 10.9 Å². The lowest BCUT2D eigenvalue weighted by molar-refractivity contribution is 0.124. The molecule has 3 aromatic carbocycles. The SMILES string of the molecule is C=COC1CCC(c2nnc(-c3ccc(OC)c4ccccc34)o2)c2ccccc21. The maximum absolute atomic E-state index is 6.22. The number of nitrogens with zero attached hydrogens (tertiary/aromatic N) is 2. The second-order valence-electron chi connectivity index (χ2n) is 7.36. The standard InChI is InChI=1S/C25H22N2O3/c1-3-29-23-15-13-21(17-9-5-7-11-19(17)23)25-27-26-24(30-25)20-12-14-22(28-2)18-10-6-4-8-16(18)20/h3-12,14,21,23H,1,13,15H2,2H3. The number of benzene rings is 3. The van der Waals surface area contributed by atoms with E-state index in [0.717, 1.165) is 40.5 Å². The van der Waals surface area contributed by atoms with Crippen molar-refractivity contribution in [2.75, 3.05) is 7.11 Å². The molecule has 1 aliphatic carbocycles. The van der Waals surface area contributed by atoms with Crippen LogP contribution in [0.1, 0.15) is 41.9 Å². The molecule has 5 rings (SSSR count). The molecule has 1 aromatic heterocycles. The largest absolute Gasteiger partial charge is 0.496 e. The molecule has 0 bridgehead atoms. The fraction of sp³-hybridized carbons (Fsp3) is 0.200. The Morgan fingerprint density at radius 1 is 0.933 bits per heavy atom. The molecule has 150 valence electrons. The molecule has 0 saturated carbocycles. The number of aromatic nitrogens is 2. The third-order valence-corrected chi connectivity index (χ3v) is 5.77. The summed E-state index contributed by atoms with van der Waals surface area (Å²) >= 11 is 0. The van der Waals surface area contributed by atoms with Crippen LogP contribution in [-0.2, 0) is 4.74 Å². The molecule has 1 aliphatic rings. The highest BCUT2D eigenvalue weighted by atomic mass is 16.5. The van der Waals surface area contributed by atoms with Crippen LogP contribution in [0.5, 0.6) is 5.75 Å². The van der Waals surface area contributed by atoms with Gasteiger partial charge in [-0.25, -0.2) is 0 Å². The molecule has 2 atom stereocenters. The normalized spacial score (nSPS) is 18.0. The van der Waals surface area contributed by atoms with Gasteiger partial charge < -0.3 is 13.9 Å². The molecule has 1 heterocycles. The third kappa shape index (κ3) is 3.03. The number of fused-ring (bicyclic) bond motifs is 2. The molecule has 0 saturated heterocycles. The van der Waals surface area contributed by atoms with Gasteiger partial charge in [0.25, 0.3) is 0 Å². The summed E-state index contributed by atoms with van der Waals surface area (Å²) in [6, 6.07) is 20.3. The van der Waals surface area contributed by atoms with Crippen molar-refractivity contribution >= 4 is 10.8 Å². The Hall–Kier alpha value is -3.60. The lowest BCUT2D eigenvalue weighted by Gasteiger charge is -2.29. The zero-order valence-corrected chi connectivity index (χ0v) is 16.7. The monoisotopic (exact) mass is 398 g/mol. The predicted molar refractivity (Wildman–Crippen MR) is 115 cm³/mol. The fourth-order valence-electron chi connectivity index (χ4n) is 4.38. The van der Waals surface area contributed by atoms with Crippen LogP contribution in [0.15, 0.2) is 77.9 Å². The molecule has 5 heteroatoms. The molecule has 0 fully saturated rings. The number of methoxy groups -OCH3 is 1. The summed E-state index contributed by atoms with van der Waals surface area (Å²) in [5.74, 6) is 2.03.